The summed E-state index contributed by atoms with van der Waals surface area (Å²) in [5.41, 5.74) is 1.06. The number of carbonyl (C=O) groups excluding carboxylic acids is 1. The molecule has 0 aromatic heterocycles. The number of rotatable bonds is 3. The number of carboxylic acid groups (broad SMARTS) is 1. The Morgan fingerprint density at radius 1 is 1.38 bits per heavy atom. The van der Waals surface area contributed by atoms with Gasteiger partial charge in [0.15, 0.2) is 0 Å². The van der Waals surface area contributed by atoms with Gasteiger partial charge in [0.1, 0.15) is 6.04 Å². The van der Waals surface area contributed by atoms with Crippen LogP contribution >= 0.6 is 0 Å². The Morgan fingerprint density at radius 2 is 2.06 bits per heavy atom. The van der Waals surface area contributed by atoms with Crippen LogP contribution in [0.1, 0.15) is 12.0 Å². The number of amides is 1. The molecule has 2 rings (SSSR count). The molecule has 1 aromatic rings. The maximum atomic E-state index is 11.5. The average molecular weight is 219 g/mol. The van der Waals surface area contributed by atoms with Gasteiger partial charge in [-0.1, -0.05) is 30.3 Å². The third-order valence-electron chi connectivity index (χ3n) is 2.83. The van der Waals surface area contributed by atoms with Crippen molar-refractivity contribution in [1.29, 1.82) is 0 Å². The number of benzene rings is 1. The highest BCUT2D eigenvalue weighted by Crippen LogP contribution is 2.20. The molecule has 2 atom stereocenters. The second-order valence-corrected chi connectivity index (χ2v) is 4.02. The molecule has 1 saturated heterocycles. The standard InChI is InChI=1S/C12H13NO3/c14-11-9(7-10(13-11)12(15)16)6-8-4-2-1-3-5-8/h1-5,9-10H,6-7H2,(H,13,14)(H,15,16)/t9-,10+/m1/s1. The lowest BCUT2D eigenvalue weighted by molar-refractivity contribution is -0.140. The van der Waals surface area contributed by atoms with Crippen molar-refractivity contribution in [3.05, 3.63) is 35.9 Å². The molecular formula is C12H13NO3. The fourth-order valence-corrected chi connectivity index (χ4v) is 1.98. The maximum Gasteiger partial charge on any atom is 0.326 e. The molecule has 0 saturated carbocycles. The summed E-state index contributed by atoms with van der Waals surface area (Å²) in [4.78, 5) is 22.2. The first-order chi connectivity index (χ1) is 7.66. The molecule has 0 unspecified atom stereocenters. The summed E-state index contributed by atoms with van der Waals surface area (Å²) in [6, 6.07) is 8.91. The van der Waals surface area contributed by atoms with Gasteiger partial charge < -0.3 is 10.4 Å². The Hall–Kier alpha value is -1.84. The highest BCUT2D eigenvalue weighted by atomic mass is 16.4. The van der Waals surface area contributed by atoms with Gasteiger partial charge >= 0.3 is 5.97 Å². The number of nitrogens with one attached hydrogen (secondary N) is 1. The molecule has 1 aliphatic rings. The van der Waals surface area contributed by atoms with Crippen LogP contribution in [0.15, 0.2) is 30.3 Å². The van der Waals surface area contributed by atoms with E-state index < -0.39 is 12.0 Å². The van der Waals surface area contributed by atoms with E-state index in [1.807, 2.05) is 30.3 Å². The zero-order valence-corrected chi connectivity index (χ0v) is 8.72. The van der Waals surface area contributed by atoms with Crippen LogP contribution in [0.4, 0.5) is 0 Å². The van der Waals surface area contributed by atoms with Crippen molar-refractivity contribution >= 4 is 11.9 Å². The molecule has 1 heterocycles. The van der Waals surface area contributed by atoms with Gasteiger partial charge in [0.05, 0.1) is 0 Å². The monoisotopic (exact) mass is 219 g/mol. The van der Waals surface area contributed by atoms with E-state index in [1.165, 1.54) is 0 Å². The van der Waals surface area contributed by atoms with Crippen molar-refractivity contribution in [3.63, 3.8) is 0 Å². The molecule has 2 N–H and O–H groups in total. The number of carboxylic acids is 1. The molecule has 84 valence electrons. The summed E-state index contributed by atoms with van der Waals surface area (Å²) in [5, 5.41) is 11.3. The topological polar surface area (TPSA) is 66.4 Å². The quantitative estimate of drug-likeness (QED) is 0.790. The van der Waals surface area contributed by atoms with Crippen LogP contribution in [0.3, 0.4) is 0 Å². The minimum Gasteiger partial charge on any atom is -0.480 e. The van der Waals surface area contributed by atoms with Crippen LogP contribution in [0.25, 0.3) is 0 Å². The van der Waals surface area contributed by atoms with Gasteiger partial charge in [0.2, 0.25) is 5.91 Å². The molecule has 0 aliphatic carbocycles. The zero-order valence-electron chi connectivity index (χ0n) is 8.72. The normalized spacial score (nSPS) is 24.1. The largest absolute Gasteiger partial charge is 0.480 e. The maximum absolute atomic E-state index is 11.5. The molecule has 16 heavy (non-hydrogen) atoms. The predicted octanol–water partition coefficient (Wildman–Crippen LogP) is 0.818. The first kappa shape index (κ1) is 10.7. The van der Waals surface area contributed by atoms with Crippen LogP contribution in [-0.4, -0.2) is 23.0 Å². The Kier molecular flexibility index (Phi) is 2.90. The minimum absolute atomic E-state index is 0.156. The van der Waals surface area contributed by atoms with Crippen molar-refractivity contribution < 1.29 is 14.7 Å². The average Bonchev–Trinajstić information content (AvgIpc) is 2.62. The van der Waals surface area contributed by atoms with Gasteiger partial charge in [0, 0.05) is 5.92 Å². The first-order valence-corrected chi connectivity index (χ1v) is 5.24. The van der Waals surface area contributed by atoms with E-state index in [9.17, 15) is 9.59 Å². The van der Waals surface area contributed by atoms with Crippen molar-refractivity contribution in [1.82, 2.24) is 5.32 Å². The SMILES string of the molecule is O=C1N[C@H](C(=O)O)C[C@H]1Cc1ccccc1. The van der Waals surface area contributed by atoms with Crippen molar-refractivity contribution in [2.75, 3.05) is 0 Å². The van der Waals surface area contributed by atoms with E-state index >= 15 is 0 Å². The van der Waals surface area contributed by atoms with Gasteiger partial charge in [-0.15, -0.1) is 0 Å². The third-order valence-corrected chi connectivity index (χ3v) is 2.83. The molecular weight excluding hydrogens is 206 g/mol. The van der Waals surface area contributed by atoms with E-state index in [1.54, 1.807) is 0 Å². The molecule has 1 amide bonds. The number of hydrogen-bond acceptors (Lipinski definition) is 2. The summed E-state index contributed by atoms with van der Waals surface area (Å²) in [6.07, 6.45) is 0.986. The molecule has 0 bridgehead atoms. The molecule has 1 aliphatic heterocycles. The number of carbonyl (C=O) groups is 2. The highest BCUT2D eigenvalue weighted by Gasteiger charge is 2.35. The van der Waals surface area contributed by atoms with E-state index in [0.29, 0.717) is 12.8 Å². The van der Waals surface area contributed by atoms with E-state index in [-0.39, 0.29) is 11.8 Å². The van der Waals surface area contributed by atoms with E-state index in [4.69, 9.17) is 5.11 Å². The van der Waals surface area contributed by atoms with Crippen LogP contribution in [0.2, 0.25) is 0 Å². The summed E-state index contributed by atoms with van der Waals surface area (Å²) in [5.74, 6) is -1.33. The smallest absolute Gasteiger partial charge is 0.326 e. The molecule has 0 radical (unpaired) electrons. The second kappa shape index (κ2) is 4.35. The van der Waals surface area contributed by atoms with Gasteiger partial charge in [-0.3, -0.25) is 4.79 Å². The van der Waals surface area contributed by atoms with Gasteiger partial charge in [-0.05, 0) is 18.4 Å². The highest BCUT2D eigenvalue weighted by molar-refractivity contribution is 5.89. The molecule has 4 nitrogen and oxygen atoms in total. The van der Waals surface area contributed by atoms with E-state index in [0.717, 1.165) is 5.56 Å². The van der Waals surface area contributed by atoms with Crippen molar-refractivity contribution in [2.24, 2.45) is 5.92 Å². The predicted molar refractivity (Wildman–Crippen MR) is 57.8 cm³/mol. The summed E-state index contributed by atoms with van der Waals surface area (Å²) in [6.45, 7) is 0. The lowest BCUT2D eigenvalue weighted by Crippen LogP contribution is -2.32. The van der Waals surface area contributed by atoms with Crippen molar-refractivity contribution in [2.45, 2.75) is 18.9 Å². The molecule has 0 spiro atoms. The molecule has 1 fully saturated rings. The van der Waals surface area contributed by atoms with Crippen molar-refractivity contribution in [3.8, 4) is 0 Å². The zero-order chi connectivity index (χ0) is 11.5. The van der Waals surface area contributed by atoms with Gasteiger partial charge in [-0.25, -0.2) is 4.79 Å². The molecule has 1 aromatic carbocycles. The lowest BCUT2D eigenvalue weighted by atomic mass is 9.96. The lowest BCUT2D eigenvalue weighted by Gasteiger charge is -2.05. The Bertz CT molecular complexity index is 402. The van der Waals surface area contributed by atoms with Crippen LogP contribution < -0.4 is 5.32 Å². The van der Waals surface area contributed by atoms with Crippen LogP contribution in [-0.2, 0) is 16.0 Å². The van der Waals surface area contributed by atoms with E-state index in [2.05, 4.69) is 5.32 Å². The summed E-state index contributed by atoms with van der Waals surface area (Å²) >= 11 is 0. The minimum atomic E-state index is -0.955. The summed E-state index contributed by atoms with van der Waals surface area (Å²) in [7, 11) is 0. The first-order valence-electron chi connectivity index (χ1n) is 5.24. The van der Waals surface area contributed by atoms with Crippen LogP contribution in [0, 0.1) is 5.92 Å². The number of aliphatic carboxylic acids is 1. The Balaban J connectivity index is 2.02. The summed E-state index contributed by atoms with van der Waals surface area (Å²) < 4.78 is 0. The third kappa shape index (κ3) is 2.21. The fraction of sp³-hybridized carbons (Fsp3) is 0.333. The number of hydrogen-bond donors (Lipinski definition) is 2. The van der Waals surface area contributed by atoms with Gasteiger partial charge in [-0.2, -0.15) is 0 Å². The van der Waals surface area contributed by atoms with Gasteiger partial charge in [0.25, 0.3) is 0 Å². The fourth-order valence-electron chi connectivity index (χ4n) is 1.98. The Labute approximate surface area is 93.3 Å². The molecule has 4 heteroatoms. The second-order valence-electron chi connectivity index (χ2n) is 4.02. The van der Waals surface area contributed by atoms with Crippen LogP contribution in [0.5, 0.6) is 0 Å². The Morgan fingerprint density at radius 3 is 2.62 bits per heavy atom.